The molecule has 0 aromatic heterocycles. The zero-order valence-electron chi connectivity index (χ0n) is 5.48. The third-order valence-corrected chi connectivity index (χ3v) is 0.910. The monoisotopic (exact) mass is 112 g/mol. The molecule has 0 saturated carbocycles. The summed E-state index contributed by atoms with van der Waals surface area (Å²) >= 11 is 0. The Bertz CT molecular complexity index is 57.4. The van der Waals surface area contributed by atoms with Crippen molar-refractivity contribution in [1.82, 2.24) is 5.32 Å². The number of unbranched alkanes of at least 4 members (excludes halogenated alkanes) is 1. The van der Waals surface area contributed by atoms with Crippen molar-refractivity contribution in [3.05, 3.63) is 19.2 Å². The van der Waals surface area contributed by atoms with Crippen LogP contribution in [0.2, 0.25) is 0 Å². The van der Waals surface area contributed by atoms with Crippen LogP contribution in [0.1, 0.15) is 19.8 Å². The van der Waals surface area contributed by atoms with Gasteiger partial charge in [-0.2, -0.15) is 0 Å². The number of allylic oxidation sites excluding steroid dienone is 1. The first-order valence-corrected chi connectivity index (χ1v) is 3.09. The van der Waals surface area contributed by atoms with Crippen molar-refractivity contribution in [2.45, 2.75) is 19.8 Å². The van der Waals surface area contributed by atoms with E-state index in [2.05, 4.69) is 19.2 Å². The quantitative estimate of drug-likeness (QED) is 0.546. The van der Waals surface area contributed by atoms with Crippen molar-refractivity contribution in [3.8, 4) is 0 Å². The van der Waals surface area contributed by atoms with Gasteiger partial charge in [0, 0.05) is 6.54 Å². The molecular weight excluding hydrogens is 98.1 g/mol. The summed E-state index contributed by atoms with van der Waals surface area (Å²) in [5.41, 5.74) is 0. The molecule has 0 atom stereocenters. The third-order valence-electron chi connectivity index (χ3n) is 0.910. The number of rotatable bonds is 4. The molecule has 8 heavy (non-hydrogen) atoms. The van der Waals surface area contributed by atoms with E-state index in [9.17, 15) is 0 Å². The Morgan fingerprint density at radius 2 is 2.38 bits per heavy atom. The maximum Gasteiger partial charge on any atom is 0.0141 e. The number of hydrogen-bond acceptors (Lipinski definition) is 1. The van der Waals surface area contributed by atoms with E-state index >= 15 is 0 Å². The van der Waals surface area contributed by atoms with Crippen molar-refractivity contribution in [2.24, 2.45) is 0 Å². The molecule has 0 heterocycles. The molecule has 0 unspecified atom stereocenters. The summed E-state index contributed by atoms with van der Waals surface area (Å²) < 4.78 is 0. The summed E-state index contributed by atoms with van der Waals surface area (Å²) in [6.07, 6.45) is 6.12. The molecule has 1 N–H and O–H groups in total. The normalized spacial score (nSPS) is 10.2. The highest BCUT2D eigenvalue weighted by atomic mass is 14.8. The minimum Gasteiger partial charge on any atom is -0.391 e. The largest absolute Gasteiger partial charge is 0.391 e. The lowest BCUT2D eigenvalue weighted by Gasteiger charge is -1.94. The summed E-state index contributed by atoms with van der Waals surface area (Å²) in [4.78, 5) is 0. The molecule has 0 saturated heterocycles. The van der Waals surface area contributed by atoms with E-state index in [-0.39, 0.29) is 0 Å². The smallest absolute Gasteiger partial charge is 0.0141 e. The van der Waals surface area contributed by atoms with Gasteiger partial charge in [-0.1, -0.05) is 19.4 Å². The minimum atomic E-state index is 1.07. The van der Waals surface area contributed by atoms with Gasteiger partial charge in [0.1, 0.15) is 0 Å². The van der Waals surface area contributed by atoms with Crippen LogP contribution in [0.5, 0.6) is 0 Å². The first kappa shape index (κ1) is 7.54. The molecule has 1 nitrogen and oxygen atoms in total. The van der Waals surface area contributed by atoms with Gasteiger partial charge in [-0.3, -0.25) is 0 Å². The van der Waals surface area contributed by atoms with Crippen LogP contribution in [0, 0.1) is 6.92 Å². The fraction of sp³-hybridized carbons (Fsp3) is 0.571. The van der Waals surface area contributed by atoms with Gasteiger partial charge in [0.15, 0.2) is 0 Å². The van der Waals surface area contributed by atoms with Crippen molar-refractivity contribution in [3.63, 3.8) is 0 Å². The highest BCUT2D eigenvalue weighted by Crippen LogP contribution is 1.81. The van der Waals surface area contributed by atoms with Crippen LogP contribution in [0.15, 0.2) is 12.3 Å². The summed E-state index contributed by atoms with van der Waals surface area (Å²) in [5, 5.41) is 3.09. The van der Waals surface area contributed by atoms with Crippen LogP contribution < -0.4 is 5.32 Å². The molecule has 0 spiro atoms. The molecule has 0 bridgehead atoms. The molecule has 1 radical (unpaired) electrons. The summed E-state index contributed by atoms with van der Waals surface area (Å²) in [5.74, 6) is 0. The Balaban J connectivity index is 2.72. The minimum absolute atomic E-state index is 1.07. The highest BCUT2D eigenvalue weighted by Gasteiger charge is 1.75. The van der Waals surface area contributed by atoms with Gasteiger partial charge in [-0.15, -0.1) is 0 Å². The first-order valence-electron chi connectivity index (χ1n) is 3.09. The fourth-order valence-corrected chi connectivity index (χ4v) is 0.446. The standard InChI is InChI=1S/C7H14N/c1-3-5-7-8-6-4-2/h4,6,8H,2-3,5,7H2,1H3. The lowest BCUT2D eigenvalue weighted by molar-refractivity contribution is 0.735. The molecule has 0 aliphatic carbocycles. The van der Waals surface area contributed by atoms with E-state index in [4.69, 9.17) is 0 Å². The molecule has 0 aliphatic heterocycles. The van der Waals surface area contributed by atoms with Gasteiger partial charge in [0.2, 0.25) is 0 Å². The summed E-state index contributed by atoms with van der Waals surface area (Å²) in [7, 11) is 0. The molecule has 47 valence electrons. The summed E-state index contributed by atoms with van der Waals surface area (Å²) in [6.45, 7) is 6.79. The highest BCUT2D eigenvalue weighted by molar-refractivity contribution is 4.80. The Kier molecular flexibility index (Phi) is 6.16. The maximum atomic E-state index is 3.54. The molecular formula is C7H14N. The van der Waals surface area contributed by atoms with Crippen molar-refractivity contribution < 1.29 is 0 Å². The van der Waals surface area contributed by atoms with Crippen LogP contribution in [0.4, 0.5) is 0 Å². The number of nitrogens with one attached hydrogen (secondary N) is 1. The zero-order chi connectivity index (χ0) is 6.24. The lowest BCUT2D eigenvalue weighted by atomic mass is 10.3. The average Bonchev–Trinajstić information content (AvgIpc) is 1.81. The predicted octanol–water partition coefficient (Wildman–Crippen LogP) is 1.72. The van der Waals surface area contributed by atoms with Gasteiger partial charge in [0.25, 0.3) is 0 Å². The second-order valence-corrected chi connectivity index (χ2v) is 1.71. The van der Waals surface area contributed by atoms with Gasteiger partial charge in [0.05, 0.1) is 0 Å². The molecule has 0 aromatic carbocycles. The van der Waals surface area contributed by atoms with Crippen LogP contribution in [0.3, 0.4) is 0 Å². The lowest BCUT2D eigenvalue weighted by Crippen LogP contribution is -2.05. The average molecular weight is 112 g/mol. The Morgan fingerprint density at radius 3 is 2.88 bits per heavy atom. The molecule has 0 rings (SSSR count). The van der Waals surface area contributed by atoms with Gasteiger partial charge >= 0.3 is 0 Å². The van der Waals surface area contributed by atoms with E-state index < -0.39 is 0 Å². The van der Waals surface area contributed by atoms with Crippen LogP contribution in [-0.4, -0.2) is 6.54 Å². The van der Waals surface area contributed by atoms with Crippen molar-refractivity contribution in [2.75, 3.05) is 6.54 Å². The Hall–Kier alpha value is -0.460. The van der Waals surface area contributed by atoms with Crippen LogP contribution in [-0.2, 0) is 0 Å². The first-order chi connectivity index (χ1) is 3.91. The third kappa shape index (κ3) is 5.54. The van der Waals surface area contributed by atoms with Crippen LogP contribution in [0.25, 0.3) is 0 Å². The molecule has 0 amide bonds. The molecule has 1 heteroatoms. The summed E-state index contributed by atoms with van der Waals surface area (Å²) in [6, 6.07) is 0. The predicted molar refractivity (Wildman–Crippen MR) is 37.4 cm³/mol. The van der Waals surface area contributed by atoms with E-state index in [1.54, 1.807) is 6.08 Å². The molecule has 0 fully saturated rings. The van der Waals surface area contributed by atoms with E-state index in [0.29, 0.717) is 0 Å². The SMILES string of the molecule is [CH2]C=CNCCCC. The zero-order valence-corrected chi connectivity index (χ0v) is 5.48. The van der Waals surface area contributed by atoms with Crippen molar-refractivity contribution >= 4 is 0 Å². The number of hydrogen-bond donors (Lipinski definition) is 1. The Morgan fingerprint density at radius 1 is 1.62 bits per heavy atom. The van der Waals surface area contributed by atoms with Crippen LogP contribution >= 0.6 is 0 Å². The van der Waals surface area contributed by atoms with E-state index in [0.717, 1.165) is 6.54 Å². The topological polar surface area (TPSA) is 12.0 Å². The van der Waals surface area contributed by atoms with E-state index in [1.807, 2.05) is 6.20 Å². The maximum absolute atomic E-state index is 3.54. The molecule has 0 aromatic rings. The fourth-order valence-electron chi connectivity index (χ4n) is 0.446. The Labute approximate surface area is 51.8 Å². The van der Waals surface area contributed by atoms with Gasteiger partial charge in [-0.05, 0) is 19.5 Å². The second kappa shape index (κ2) is 6.54. The van der Waals surface area contributed by atoms with E-state index in [1.165, 1.54) is 12.8 Å². The van der Waals surface area contributed by atoms with Gasteiger partial charge < -0.3 is 5.32 Å². The molecule has 0 aliphatic rings. The van der Waals surface area contributed by atoms with Crippen molar-refractivity contribution in [1.29, 1.82) is 0 Å². The van der Waals surface area contributed by atoms with Gasteiger partial charge in [-0.25, -0.2) is 0 Å². The second-order valence-electron chi connectivity index (χ2n) is 1.71.